The van der Waals surface area contributed by atoms with Gasteiger partial charge in [0, 0.05) is 15.5 Å². The van der Waals surface area contributed by atoms with Gasteiger partial charge >= 0.3 is 0 Å². The Bertz CT molecular complexity index is 682. The average Bonchev–Trinajstić information content (AvgIpc) is 2.51. The van der Waals surface area contributed by atoms with Crippen molar-refractivity contribution in [3.63, 3.8) is 0 Å². The highest BCUT2D eigenvalue weighted by Crippen LogP contribution is 2.55. The van der Waals surface area contributed by atoms with Gasteiger partial charge in [-0.15, -0.1) is 0 Å². The van der Waals surface area contributed by atoms with E-state index in [0.29, 0.717) is 11.7 Å². The second kappa shape index (κ2) is 6.47. The zero-order valence-corrected chi connectivity index (χ0v) is 17.6. The van der Waals surface area contributed by atoms with Crippen molar-refractivity contribution in [1.29, 1.82) is 0 Å². The Morgan fingerprint density at radius 1 is 1.04 bits per heavy atom. The van der Waals surface area contributed by atoms with Crippen LogP contribution in [0.3, 0.4) is 0 Å². The first-order valence-corrected chi connectivity index (χ1v) is 10.0. The Morgan fingerprint density at radius 3 is 2.30 bits per heavy atom. The second-order valence-corrected chi connectivity index (χ2v) is 9.41. The number of rotatable bonds is 2. The molecule has 0 saturated carbocycles. The molecule has 0 saturated heterocycles. The summed E-state index contributed by atoms with van der Waals surface area (Å²) in [4.78, 5) is 13.5. The summed E-state index contributed by atoms with van der Waals surface area (Å²) in [6.07, 6.45) is 3.95. The van der Waals surface area contributed by atoms with E-state index in [1.165, 1.54) is 20.3 Å². The van der Waals surface area contributed by atoms with Gasteiger partial charge in [0.05, 0.1) is 0 Å². The summed E-state index contributed by atoms with van der Waals surface area (Å²) in [7, 11) is 0. The average molecular weight is 485 g/mol. The van der Waals surface area contributed by atoms with Crippen molar-refractivity contribution < 1.29 is 4.79 Å². The van der Waals surface area contributed by atoms with Gasteiger partial charge in [-0.25, -0.2) is 0 Å². The van der Waals surface area contributed by atoms with Crippen molar-refractivity contribution in [1.82, 2.24) is 0 Å². The zero-order chi connectivity index (χ0) is 16.8. The minimum absolute atomic E-state index is 0.240. The van der Waals surface area contributed by atoms with E-state index in [1.54, 1.807) is 0 Å². The molecule has 0 spiro atoms. The molecule has 0 amide bonds. The van der Waals surface area contributed by atoms with Crippen molar-refractivity contribution in [2.75, 3.05) is 0 Å². The molecule has 0 aliphatic heterocycles. The van der Waals surface area contributed by atoms with E-state index < -0.39 is 0 Å². The number of allylic oxidation sites excluding steroid dienone is 4. The highest BCUT2D eigenvalue weighted by Gasteiger charge is 2.50. The van der Waals surface area contributed by atoms with Gasteiger partial charge < -0.3 is 0 Å². The minimum Gasteiger partial charge on any atom is -0.294 e. The summed E-state index contributed by atoms with van der Waals surface area (Å²) in [5.41, 5.74) is 4.92. The van der Waals surface area contributed by atoms with Crippen LogP contribution in [0.4, 0.5) is 0 Å². The monoisotopic (exact) mass is 484 g/mol. The van der Waals surface area contributed by atoms with Crippen LogP contribution in [0.2, 0.25) is 0 Å². The molecule has 23 heavy (non-hydrogen) atoms. The van der Waals surface area contributed by atoms with E-state index in [2.05, 4.69) is 59.3 Å². The van der Waals surface area contributed by atoms with Gasteiger partial charge in [0.25, 0.3) is 0 Å². The van der Waals surface area contributed by atoms with Gasteiger partial charge in [0.15, 0.2) is 5.78 Å². The van der Waals surface area contributed by atoms with E-state index >= 15 is 0 Å². The van der Waals surface area contributed by atoms with Crippen LogP contribution >= 0.6 is 38.5 Å². The predicted octanol–water partition coefficient (Wildman–Crippen LogP) is 6.87. The first kappa shape index (κ1) is 17.4. The lowest BCUT2D eigenvalue weighted by molar-refractivity contribution is 0.0612. The first-order valence-electron chi connectivity index (χ1n) is 8.13. The fourth-order valence-electron chi connectivity index (χ4n) is 4.18. The Balaban J connectivity index is 2.07. The van der Waals surface area contributed by atoms with Crippen molar-refractivity contribution in [3.8, 4) is 0 Å². The van der Waals surface area contributed by atoms with E-state index in [1.807, 2.05) is 24.3 Å². The molecule has 0 radical (unpaired) electrons. The van der Waals surface area contributed by atoms with E-state index in [9.17, 15) is 4.79 Å². The summed E-state index contributed by atoms with van der Waals surface area (Å²) >= 11 is 5.94. The van der Waals surface area contributed by atoms with E-state index in [4.69, 9.17) is 0 Å². The third-order valence-corrected chi connectivity index (χ3v) is 7.56. The highest BCUT2D eigenvalue weighted by atomic mass is 127. The summed E-state index contributed by atoms with van der Waals surface area (Å²) in [5, 5.41) is 0. The summed E-state index contributed by atoms with van der Waals surface area (Å²) in [5.74, 6) is 0.781. The summed E-state index contributed by atoms with van der Waals surface area (Å²) in [6.45, 7) is 6.65. The Kier molecular flexibility index (Phi) is 4.90. The number of carbonyl (C=O) groups excluding carboxylic acids is 1. The number of Topliss-reactive ketones (excluding diaryl/α,β-unsaturated/α-hetero) is 1. The number of benzene rings is 1. The number of halogens is 2. The maximum atomic E-state index is 13.5. The molecule has 0 heterocycles. The Hall–Kier alpha value is -0.420. The molecule has 2 aliphatic rings. The van der Waals surface area contributed by atoms with Crippen LogP contribution in [-0.4, -0.2) is 5.78 Å². The Labute approximate surface area is 160 Å². The third kappa shape index (κ3) is 3.11. The third-order valence-electron chi connectivity index (χ3n) is 5.67. The van der Waals surface area contributed by atoms with Gasteiger partial charge in [-0.05, 0) is 90.7 Å². The van der Waals surface area contributed by atoms with Crippen LogP contribution in [0.1, 0.15) is 56.8 Å². The number of hydrogen-bond acceptors (Lipinski definition) is 1. The largest absolute Gasteiger partial charge is 0.294 e. The fraction of sp³-hybridized carbons (Fsp3) is 0.450. The second-order valence-electron chi connectivity index (χ2n) is 7.20. The molecule has 2 atom stereocenters. The topological polar surface area (TPSA) is 17.1 Å². The molecular formula is C20H22BrIO. The molecule has 3 rings (SSSR count). The molecule has 1 nitrogen and oxygen atoms in total. The lowest BCUT2D eigenvalue weighted by Gasteiger charge is -2.47. The molecule has 1 aromatic rings. The standard InChI is InChI=1S/C20H22BrIO/c1-12-8-16-9-18(22)14(3)11-20(16,10-13(12)2)19(23)15-4-6-17(21)7-5-15/h4-7,16H,8-11H2,1-3H3. The minimum atomic E-state index is -0.240. The van der Waals surface area contributed by atoms with Gasteiger partial charge in [-0.2, -0.15) is 0 Å². The number of ketones is 1. The molecular weight excluding hydrogens is 463 g/mol. The fourth-order valence-corrected chi connectivity index (χ4v) is 5.16. The molecule has 0 bridgehead atoms. The van der Waals surface area contributed by atoms with Crippen LogP contribution in [-0.2, 0) is 0 Å². The van der Waals surface area contributed by atoms with Crippen molar-refractivity contribution in [2.45, 2.75) is 46.5 Å². The molecule has 2 aliphatic carbocycles. The van der Waals surface area contributed by atoms with Crippen LogP contribution in [0.25, 0.3) is 0 Å². The van der Waals surface area contributed by atoms with Crippen LogP contribution < -0.4 is 0 Å². The summed E-state index contributed by atoms with van der Waals surface area (Å²) in [6, 6.07) is 7.89. The lowest BCUT2D eigenvalue weighted by atomic mass is 9.56. The van der Waals surface area contributed by atoms with Gasteiger partial charge in [-0.1, -0.05) is 44.8 Å². The normalized spacial score (nSPS) is 28.0. The molecule has 3 heteroatoms. The van der Waals surface area contributed by atoms with Crippen molar-refractivity contribution in [3.05, 3.63) is 54.6 Å². The molecule has 1 aromatic carbocycles. The number of hydrogen-bond donors (Lipinski definition) is 0. The predicted molar refractivity (Wildman–Crippen MR) is 108 cm³/mol. The van der Waals surface area contributed by atoms with E-state index in [0.717, 1.165) is 35.7 Å². The smallest absolute Gasteiger partial charge is 0.169 e. The van der Waals surface area contributed by atoms with Gasteiger partial charge in [0.1, 0.15) is 0 Å². The van der Waals surface area contributed by atoms with Gasteiger partial charge in [-0.3, -0.25) is 4.79 Å². The molecule has 122 valence electrons. The SMILES string of the molecule is CC1=C(C)CC2(C(=O)c3ccc(Br)cc3)CC(C)=C(I)CC2C1. The van der Waals surface area contributed by atoms with Gasteiger partial charge in [0.2, 0.25) is 0 Å². The van der Waals surface area contributed by atoms with Crippen LogP contribution in [0.5, 0.6) is 0 Å². The number of carbonyl (C=O) groups is 1. The molecule has 0 aromatic heterocycles. The highest BCUT2D eigenvalue weighted by molar-refractivity contribution is 14.1. The quantitative estimate of drug-likeness (QED) is 0.254. The van der Waals surface area contributed by atoms with Crippen molar-refractivity contribution >= 4 is 44.3 Å². The molecule has 0 N–H and O–H groups in total. The molecule has 0 fully saturated rings. The lowest BCUT2D eigenvalue weighted by Crippen LogP contribution is -2.44. The maximum absolute atomic E-state index is 13.5. The molecule has 2 unspecified atom stereocenters. The Morgan fingerprint density at radius 2 is 1.65 bits per heavy atom. The van der Waals surface area contributed by atoms with Crippen LogP contribution in [0, 0.1) is 11.3 Å². The zero-order valence-electron chi connectivity index (χ0n) is 13.9. The van der Waals surface area contributed by atoms with Crippen LogP contribution in [0.15, 0.2) is 49.0 Å². The first-order chi connectivity index (χ1) is 10.8. The van der Waals surface area contributed by atoms with Crippen molar-refractivity contribution in [2.24, 2.45) is 11.3 Å². The maximum Gasteiger partial charge on any atom is 0.169 e. The number of fused-ring (bicyclic) bond motifs is 1. The summed E-state index contributed by atoms with van der Waals surface area (Å²) < 4.78 is 2.48. The van der Waals surface area contributed by atoms with E-state index in [-0.39, 0.29) is 5.41 Å².